The van der Waals surface area contributed by atoms with Crippen molar-refractivity contribution >= 4 is 11.4 Å². The van der Waals surface area contributed by atoms with E-state index in [1.807, 2.05) is 26.8 Å². The molecule has 0 aliphatic rings. The molecule has 0 amide bonds. The summed E-state index contributed by atoms with van der Waals surface area (Å²) in [5, 5.41) is 0. The Morgan fingerprint density at radius 1 is 1.29 bits per heavy atom. The Kier molecular flexibility index (Phi) is 5.43. The van der Waals surface area contributed by atoms with Crippen LogP contribution in [0, 0.1) is 5.82 Å². The van der Waals surface area contributed by atoms with Crippen molar-refractivity contribution in [1.82, 2.24) is 4.72 Å². The number of aryl methyl sites for hydroxylation is 1. The Balaban J connectivity index is 2.28. The predicted octanol–water partition coefficient (Wildman–Crippen LogP) is 2.81. The summed E-state index contributed by atoms with van der Waals surface area (Å²) < 4.78 is 27.7. The van der Waals surface area contributed by atoms with Crippen molar-refractivity contribution in [3.8, 4) is 0 Å². The summed E-state index contributed by atoms with van der Waals surface area (Å²) in [5.41, 5.74) is 0.718. The van der Waals surface area contributed by atoms with Crippen LogP contribution in [-0.2, 0) is 17.8 Å². The average Bonchev–Trinajstić information content (AvgIpc) is 2.25. The molecule has 0 aliphatic carbocycles. The monoisotopic (exact) mass is 257 g/mol. The van der Waals surface area contributed by atoms with E-state index in [1.54, 1.807) is 12.1 Å². The van der Waals surface area contributed by atoms with E-state index in [1.165, 1.54) is 6.07 Å². The van der Waals surface area contributed by atoms with Gasteiger partial charge in [0.25, 0.3) is 0 Å². The van der Waals surface area contributed by atoms with E-state index in [2.05, 4.69) is 4.72 Å². The van der Waals surface area contributed by atoms with Gasteiger partial charge in [-0.05, 0) is 45.2 Å². The maximum Gasteiger partial charge on any atom is 0.136 e. The first-order chi connectivity index (χ1) is 7.91. The van der Waals surface area contributed by atoms with Crippen LogP contribution < -0.4 is 4.72 Å². The molecule has 4 heteroatoms. The molecule has 17 heavy (non-hydrogen) atoms. The molecule has 96 valence electrons. The van der Waals surface area contributed by atoms with Gasteiger partial charge in [-0.25, -0.2) is 4.39 Å². The Bertz CT molecular complexity index is 352. The summed E-state index contributed by atoms with van der Waals surface area (Å²) >= 11 is -1.04. The lowest BCUT2D eigenvalue weighted by Gasteiger charge is -2.23. The molecule has 0 aromatic heterocycles. The number of rotatable bonds is 5. The second-order valence-electron chi connectivity index (χ2n) is 4.97. The fraction of sp³-hybridized carbons (Fsp3) is 0.538. The zero-order valence-electron chi connectivity index (χ0n) is 10.6. The van der Waals surface area contributed by atoms with E-state index in [-0.39, 0.29) is 10.6 Å². The molecule has 1 atom stereocenters. The van der Waals surface area contributed by atoms with Gasteiger partial charge in [0.1, 0.15) is 10.6 Å². The molecular formula is C13H20FNOS. The van der Waals surface area contributed by atoms with E-state index in [0.717, 1.165) is 12.0 Å². The topological polar surface area (TPSA) is 35.1 Å². The lowest BCUT2D eigenvalue weighted by atomic mass is 10.1. The van der Waals surface area contributed by atoms with Gasteiger partial charge in [0.2, 0.25) is 0 Å². The average molecular weight is 257 g/mol. The predicted molar refractivity (Wildman–Crippen MR) is 70.6 cm³/mol. The molecule has 1 rings (SSSR count). The van der Waals surface area contributed by atoms with Crippen molar-refractivity contribution in [1.29, 1.82) is 0 Å². The molecule has 0 spiro atoms. The molecule has 0 fully saturated rings. The van der Waals surface area contributed by atoms with Gasteiger partial charge in [-0.15, -0.1) is 4.72 Å². The molecule has 0 saturated heterocycles. The zero-order valence-corrected chi connectivity index (χ0v) is 11.4. The smallest absolute Gasteiger partial charge is 0.136 e. The molecule has 1 N–H and O–H groups in total. The van der Waals surface area contributed by atoms with Gasteiger partial charge in [0.05, 0.1) is 0 Å². The largest absolute Gasteiger partial charge is 0.598 e. The summed E-state index contributed by atoms with van der Waals surface area (Å²) in [6, 6.07) is 6.77. The van der Waals surface area contributed by atoms with Crippen molar-refractivity contribution in [3.05, 3.63) is 35.6 Å². The minimum atomic E-state index is -1.04. The van der Waals surface area contributed by atoms with Crippen LogP contribution >= 0.6 is 0 Å². The Labute approximate surface area is 106 Å². The van der Waals surface area contributed by atoms with Crippen LogP contribution in [-0.4, -0.2) is 15.8 Å². The zero-order chi connectivity index (χ0) is 12.9. The number of hydrogen-bond donors (Lipinski definition) is 1. The minimum absolute atomic E-state index is 0.163. The number of halogens is 1. The summed E-state index contributed by atoms with van der Waals surface area (Å²) in [5.74, 6) is -0.163. The number of hydrogen-bond acceptors (Lipinski definition) is 2. The third-order valence-corrected chi connectivity index (χ3v) is 3.95. The minimum Gasteiger partial charge on any atom is -0.598 e. The van der Waals surface area contributed by atoms with Gasteiger partial charge < -0.3 is 4.55 Å². The summed E-state index contributed by atoms with van der Waals surface area (Å²) in [6.07, 6.45) is 1.45. The molecule has 0 heterocycles. The normalized spacial score (nSPS) is 13.7. The molecule has 0 unspecified atom stereocenters. The number of benzene rings is 1. The third kappa shape index (κ3) is 5.06. The molecule has 0 bridgehead atoms. The third-order valence-electron chi connectivity index (χ3n) is 2.37. The first kappa shape index (κ1) is 14.5. The molecule has 0 aliphatic heterocycles. The van der Waals surface area contributed by atoms with Gasteiger partial charge in [0.15, 0.2) is 0 Å². The Morgan fingerprint density at radius 2 is 1.94 bits per heavy atom. The van der Waals surface area contributed by atoms with E-state index in [4.69, 9.17) is 0 Å². The van der Waals surface area contributed by atoms with Crippen molar-refractivity contribution in [2.75, 3.05) is 6.54 Å². The lowest BCUT2D eigenvalue weighted by Crippen LogP contribution is -2.39. The molecule has 1 aromatic rings. The van der Waals surface area contributed by atoms with Gasteiger partial charge in [-0.2, -0.15) is 0 Å². The molecule has 0 radical (unpaired) electrons. The highest BCUT2D eigenvalue weighted by molar-refractivity contribution is 7.90. The second kappa shape index (κ2) is 6.38. The highest BCUT2D eigenvalue weighted by Gasteiger charge is 2.25. The van der Waals surface area contributed by atoms with E-state index >= 15 is 0 Å². The van der Waals surface area contributed by atoms with Crippen molar-refractivity contribution < 1.29 is 8.94 Å². The second-order valence-corrected chi connectivity index (χ2v) is 7.02. The highest BCUT2D eigenvalue weighted by atomic mass is 32.2. The van der Waals surface area contributed by atoms with E-state index < -0.39 is 11.4 Å². The van der Waals surface area contributed by atoms with Crippen LogP contribution in [0.4, 0.5) is 4.39 Å². The van der Waals surface area contributed by atoms with Crippen LogP contribution in [0.2, 0.25) is 0 Å². The van der Waals surface area contributed by atoms with Gasteiger partial charge in [-0.3, -0.25) is 0 Å². The van der Waals surface area contributed by atoms with Gasteiger partial charge in [-0.1, -0.05) is 18.2 Å². The first-order valence-corrected chi connectivity index (χ1v) is 6.95. The van der Waals surface area contributed by atoms with E-state index in [9.17, 15) is 8.94 Å². The standard InChI is InChI=1S/C13H20FNOS/c1-13(2,3)17(16)15-10-6-8-11-7-4-5-9-12(11)14/h4-5,7,9,15H,6,8,10H2,1-3H3/t17-/m0/s1. The lowest BCUT2D eigenvalue weighted by molar-refractivity contribution is 0.541. The summed E-state index contributed by atoms with van der Waals surface area (Å²) in [7, 11) is 0. The molecule has 0 saturated carbocycles. The van der Waals surface area contributed by atoms with Crippen molar-refractivity contribution in [2.45, 2.75) is 38.4 Å². The fourth-order valence-electron chi connectivity index (χ4n) is 1.36. The van der Waals surface area contributed by atoms with Crippen LogP contribution in [0.15, 0.2) is 24.3 Å². The van der Waals surface area contributed by atoms with Crippen LogP contribution in [0.25, 0.3) is 0 Å². The van der Waals surface area contributed by atoms with Crippen molar-refractivity contribution in [3.63, 3.8) is 0 Å². The molecular weight excluding hydrogens is 237 g/mol. The first-order valence-electron chi connectivity index (χ1n) is 5.80. The van der Waals surface area contributed by atoms with Crippen LogP contribution in [0.1, 0.15) is 32.8 Å². The fourth-order valence-corrected chi connectivity index (χ4v) is 2.12. The molecule has 1 aromatic carbocycles. The quantitative estimate of drug-likeness (QED) is 0.650. The Hall–Kier alpha value is -0.580. The SMILES string of the molecule is CC(C)(C)[S@+]([O-])NCCCc1ccccc1F. The van der Waals surface area contributed by atoms with Crippen LogP contribution in [0.5, 0.6) is 0 Å². The van der Waals surface area contributed by atoms with Gasteiger partial charge in [0, 0.05) is 17.9 Å². The maximum absolute atomic E-state index is 13.3. The van der Waals surface area contributed by atoms with E-state index in [0.29, 0.717) is 13.0 Å². The summed E-state index contributed by atoms with van der Waals surface area (Å²) in [6.45, 7) is 6.41. The maximum atomic E-state index is 13.3. The summed E-state index contributed by atoms with van der Waals surface area (Å²) in [4.78, 5) is 0. The van der Waals surface area contributed by atoms with Crippen molar-refractivity contribution in [2.24, 2.45) is 0 Å². The molecule has 2 nitrogen and oxygen atoms in total. The van der Waals surface area contributed by atoms with Gasteiger partial charge >= 0.3 is 0 Å². The highest BCUT2D eigenvalue weighted by Crippen LogP contribution is 2.13. The Morgan fingerprint density at radius 3 is 2.53 bits per heavy atom. The number of nitrogens with one attached hydrogen (secondary N) is 1. The van der Waals surface area contributed by atoms with Crippen LogP contribution in [0.3, 0.4) is 0 Å².